The van der Waals surface area contributed by atoms with Gasteiger partial charge in [0.25, 0.3) is 0 Å². The lowest BCUT2D eigenvalue weighted by Crippen LogP contribution is -2.13. The zero-order valence-electron chi connectivity index (χ0n) is 7.85. The van der Waals surface area contributed by atoms with Crippen molar-refractivity contribution in [2.75, 3.05) is 6.61 Å². The number of aliphatic hydroxyl groups is 1. The van der Waals surface area contributed by atoms with Crippen LogP contribution in [-0.4, -0.2) is 11.7 Å². The second kappa shape index (κ2) is 4.55. The molecule has 0 fully saturated rings. The fraction of sp³-hybridized carbons (Fsp3) is 0.700. The molecule has 0 amide bonds. The third-order valence-electron chi connectivity index (χ3n) is 1.76. The standard InChI is InChI=1S/C10H19O/c1-9(2)5-6-10(3,4)7-8-11/h6,11H,1,5,7-8H2,2-4H3. The van der Waals surface area contributed by atoms with E-state index in [9.17, 15) is 0 Å². The summed E-state index contributed by atoms with van der Waals surface area (Å²) in [5.74, 6) is 0. The predicted molar refractivity (Wildman–Crippen MR) is 49.2 cm³/mol. The molecule has 0 unspecified atom stereocenters. The largest absolute Gasteiger partial charge is 0.396 e. The lowest BCUT2D eigenvalue weighted by Gasteiger charge is -2.22. The maximum absolute atomic E-state index is 8.72. The van der Waals surface area contributed by atoms with Gasteiger partial charge in [-0.2, -0.15) is 0 Å². The van der Waals surface area contributed by atoms with Gasteiger partial charge in [-0.05, 0) is 31.6 Å². The zero-order valence-corrected chi connectivity index (χ0v) is 7.85. The first-order valence-corrected chi connectivity index (χ1v) is 4.07. The Labute approximate surface area is 70.1 Å². The highest BCUT2D eigenvalue weighted by Crippen LogP contribution is 2.26. The van der Waals surface area contributed by atoms with Gasteiger partial charge >= 0.3 is 0 Å². The quantitative estimate of drug-likeness (QED) is 0.605. The van der Waals surface area contributed by atoms with Crippen molar-refractivity contribution in [1.29, 1.82) is 0 Å². The van der Waals surface area contributed by atoms with Crippen molar-refractivity contribution in [1.82, 2.24) is 0 Å². The molecule has 1 nitrogen and oxygen atoms in total. The number of allylic oxidation sites excluding steroid dienone is 1. The minimum Gasteiger partial charge on any atom is -0.396 e. The molecular weight excluding hydrogens is 136 g/mol. The number of aliphatic hydroxyl groups excluding tert-OH is 1. The Morgan fingerprint density at radius 1 is 1.55 bits per heavy atom. The summed E-state index contributed by atoms with van der Waals surface area (Å²) >= 11 is 0. The molecule has 0 rings (SSSR count). The first kappa shape index (κ1) is 10.7. The monoisotopic (exact) mass is 155 g/mol. The Morgan fingerprint density at radius 3 is 2.45 bits per heavy atom. The van der Waals surface area contributed by atoms with Gasteiger partial charge in [0.05, 0.1) is 0 Å². The van der Waals surface area contributed by atoms with Crippen LogP contribution in [0, 0.1) is 11.8 Å². The van der Waals surface area contributed by atoms with E-state index in [1.807, 2.05) is 6.92 Å². The average Bonchev–Trinajstić information content (AvgIpc) is 1.84. The van der Waals surface area contributed by atoms with E-state index in [2.05, 4.69) is 26.8 Å². The topological polar surface area (TPSA) is 20.2 Å². The van der Waals surface area contributed by atoms with Gasteiger partial charge < -0.3 is 5.11 Å². The Balaban J connectivity index is 3.63. The summed E-state index contributed by atoms with van der Waals surface area (Å²) in [5, 5.41) is 8.72. The Kier molecular flexibility index (Phi) is 4.43. The normalized spacial score (nSPS) is 11.6. The highest BCUT2D eigenvalue weighted by Gasteiger charge is 2.16. The van der Waals surface area contributed by atoms with E-state index in [1.165, 1.54) is 5.57 Å². The van der Waals surface area contributed by atoms with Crippen molar-refractivity contribution in [2.24, 2.45) is 5.41 Å². The van der Waals surface area contributed by atoms with Crippen molar-refractivity contribution in [3.8, 4) is 0 Å². The number of hydrogen-bond donors (Lipinski definition) is 1. The van der Waals surface area contributed by atoms with Gasteiger partial charge in [-0.15, -0.1) is 6.58 Å². The molecule has 1 heteroatoms. The maximum Gasteiger partial charge on any atom is 0.0436 e. The fourth-order valence-electron chi connectivity index (χ4n) is 0.841. The second-order valence-electron chi connectivity index (χ2n) is 3.83. The Bertz CT molecular complexity index is 125. The third-order valence-corrected chi connectivity index (χ3v) is 1.76. The lowest BCUT2D eigenvalue weighted by atomic mass is 9.84. The van der Waals surface area contributed by atoms with Crippen LogP contribution in [0.3, 0.4) is 0 Å². The van der Waals surface area contributed by atoms with Gasteiger partial charge in [0, 0.05) is 6.61 Å². The molecule has 0 aromatic heterocycles. The van der Waals surface area contributed by atoms with E-state index in [1.54, 1.807) is 0 Å². The van der Waals surface area contributed by atoms with Crippen molar-refractivity contribution >= 4 is 0 Å². The molecule has 0 saturated heterocycles. The van der Waals surface area contributed by atoms with Gasteiger partial charge in [-0.1, -0.05) is 19.4 Å². The van der Waals surface area contributed by atoms with E-state index in [-0.39, 0.29) is 12.0 Å². The maximum atomic E-state index is 8.72. The van der Waals surface area contributed by atoms with Crippen LogP contribution in [0.4, 0.5) is 0 Å². The van der Waals surface area contributed by atoms with Crippen LogP contribution in [0.2, 0.25) is 0 Å². The summed E-state index contributed by atoms with van der Waals surface area (Å²) in [5.41, 5.74) is 1.32. The number of rotatable bonds is 5. The molecule has 0 bridgehead atoms. The highest BCUT2D eigenvalue weighted by molar-refractivity contribution is 4.98. The van der Waals surface area contributed by atoms with Gasteiger partial charge in [-0.3, -0.25) is 0 Å². The minimum atomic E-state index is 0.147. The molecule has 0 saturated carbocycles. The Hall–Kier alpha value is -0.300. The molecule has 1 N–H and O–H groups in total. The molecule has 0 aliphatic carbocycles. The summed E-state index contributed by atoms with van der Waals surface area (Å²) in [4.78, 5) is 0. The van der Waals surface area contributed by atoms with Gasteiger partial charge in [0.2, 0.25) is 0 Å². The summed E-state index contributed by atoms with van der Waals surface area (Å²) in [6.45, 7) is 10.4. The molecular formula is C10H19O. The minimum absolute atomic E-state index is 0.147. The van der Waals surface area contributed by atoms with Crippen molar-refractivity contribution in [3.05, 3.63) is 18.6 Å². The van der Waals surface area contributed by atoms with Gasteiger partial charge in [0.15, 0.2) is 0 Å². The van der Waals surface area contributed by atoms with E-state index in [0.717, 1.165) is 12.8 Å². The van der Waals surface area contributed by atoms with Crippen molar-refractivity contribution < 1.29 is 5.11 Å². The molecule has 0 aromatic rings. The van der Waals surface area contributed by atoms with Gasteiger partial charge in [0.1, 0.15) is 0 Å². The van der Waals surface area contributed by atoms with E-state index in [0.29, 0.717) is 0 Å². The summed E-state index contributed by atoms with van der Waals surface area (Å²) < 4.78 is 0. The molecule has 0 aliphatic heterocycles. The van der Waals surface area contributed by atoms with Crippen LogP contribution in [0.25, 0.3) is 0 Å². The number of hydrogen-bond acceptors (Lipinski definition) is 1. The fourth-order valence-corrected chi connectivity index (χ4v) is 0.841. The van der Waals surface area contributed by atoms with Crippen LogP contribution in [0.1, 0.15) is 33.6 Å². The first-order chi connectivity index (χ1) is 4.98. The van der Waals surface area contributed by atoms with Crippen LogP contribution in [-0.2, 0) is 0 Å². The van der Waals surface area contributed by atoms with E-state index >= 15 is 0 Å². The average molecular weight is 155 g/mol. The zero-order chi connectivity index (χ0) is 8.91. The molecule has 0 aromatic carbocycles. The molecule has 11 heavy (non-hydrogen) atoms. The summed E-state index contributed by atoms with van der Waals surface area (Å²) in [6.07, 6.45) is 4.00. The third kappa shape index (κ3) is 6.11. The molecule has 1 radical (unpaired) electrons. The van der Waals surface area contributed by atoms with Gasteiger partial charge in [-0.25, -0.2) is 0 Å². The SMILES string of the molecule is C=C(C)C[CH]C(C)(C)CCO. The second-order valence-corrected chi connectivity index (χ2v) is 3.83. The predicted octanol–water partition coefficient (Wildman–Crippen LogP) is 2.57. The smallest absolute Gasteiger partial charge is 0.0436 e. The van der Waals surface area contributed by atoms with Crippen LogP contribution >= 0.6 is 0 Å². The van der Waals surface area contributed by atoms with E-state index < -0.39 is 0 Å². The lowest BCUT2D eigenvalue weighted by molar-refractivity contribution is 0.230. The Morgan fingerprint density at radius 2 is 2.09 bits per heavy atom. The molecule has 0 atom stereocenters. The first-order valence-electron chi connectivity index (χ1n) is 4.07. The van der Waals surface area contributed by atoms with Crippen LogP contribution in [0.5, 0.6) is 0 Å². The molecule has 0 aliphatic rings. The van der Waals surface area contributed by atoms with E-state index in [4.69, 9.17) is 5.11 Å². The molecule has 0 spiro atoms. The van der Waals surface area contributed by atoms with Crippen molar-refractivity contribution in [2.45, 2.75) is 33.6 Å². The highest BCUT2D eigenvalue weighted by atomic mass is 16.3. The molecule has 65 valence electrons. The molecule has 0 heterocycles. The summed E-state index contributed by atoms with van der Waals surface area (Å²) in [6, 6.07) is 0. The van der Waals surface area contributed by atoms with Crippen LogP contribution in [0.15, 0.2) is 12.2 Å². The van der Waals surface area contributed by atoms with Crippen LogP contribution < -0.4 is 0 Å². The summed E-state index contributed by atoms with van der Waals surface area (Å²) in [7, 11) is 0. The van der Waals surface area contributed by atoms with Crippen molar-refractivity contribution in [3.63, 3.8) is 0 Å².